The molecule has 1 aliphatic carbocycles. The lowest BCUT2D eigenvalue weighted by Crippen LogP contribution is -2.49. The molecular weight excluding hydrogens is 294 g/mol. The summed E-state index contributed by atoms with van der Waals surface area (Å²) >= 11 is 0. The van der Waals surface area contributed by atoms with E-state index in [-0.39, 0.29) is 23.0 Å². The van der Waals surface area contributed by atoms with Crippen molar-refractivity contribution in [1.29, 1.82) is 0 Å². The molecule has 1 spiro atoms. The van der Waals surface area contributed by atoms with E-state index in [0.717, 1.165) is 30.5 Å². The molecule has 0 saturated carbocycles. The number of likely N-dealkylation sites (N-methyl/N-ethyl adjacent to an activating group) is 1. The first kappa shape index (κ1) is 14.7. The summed E-state index contributed by atoms with van der Waals surface area (Å²) in [5, 5.41) is 10.1. The van der Waals surface area contributed by atoms with E-state index in [9.17, 15) is 9.90 Å². The van der Waals surface area contributed by atoms with Gasteiger partial charge in [-0.05, 0) is 43.1 Å². The normalized spacial score (nSPS) is 32.1. The summed E-state index contributed by atoms with van der Waals surface area (Å²) in [6, 6.07) is 3.88. The predicted molar refractivity (Wildman–Crippen MR) is 84.5 cm³/mol. The van der Waals surface area contributed by atoms with Gasteiger partial charge in [0.25, 0.3) is 0 Å². The van der Waals surface area contributed by atoms with Gasteiger partial charge in [-0.25, -0.2) is 0 Å². The Morgan fingerprint density at radius 2 is 2.30 bits per heavy atom. The summed E-state index contributed by atoms with van der Waals surface area (Å²) in [4.78, 5) is 13.7. The molecule has 2 heterocycles. The largest absolute Gasteiger partial charge is 0.504 e. The highest BCUT2D eigenvalue weighted by Gasteiger charge is 2.56. The maximum atomic E-state index is 11.3. The average Bonchev–Trinajstić information content (AvgIpc) is 2.81. The summed E-state index contributed by atoms with van der Waals surface area (Å²) in [6.07, 6.45) is 6.72. The van der Waals surface area contributed by atoms with Crippen LogP contribution in [-0.4, -0.2) is 41.7 Å². The molecule has 5 heteroatoms. The van der Waals surface area contributed by atoms with Crippen molar-refractivity contribution in [3.8, 4) is 11.5 Å². The second-order valence-electron chi connectivity index (χ2n) is 6.74. The first-order chi connectivity index (χ1) is 11.0. The zero-order valence-corrected chi connectivity index (χ0v) is 13.4. The number of esters is 1. The van der Waals surface area contributed by atoms with E-state index >= 15 is 0 Å². The monoisotopic (exact) mass is 315 g/mol. The third-order valence-electron chi connectivity index (χ3n) is 5.42. The van der Waals surface area contributed by atoms with Gasteiger partial charge in [-0.3, -0.25) is 9.69 Å². The van der Waals surface area contributed by atoms with Crippen LogP contribution in [0.3, 0.4) is 0 Å². The molecule has 1 aromatic carbocycles. The highest BCUT2D eigenvalue weighted by Crippen LogP contribution is 2.52. The molecular formula is C18H21NO4. The Bertz CT molecular complexity index is 699. The van der Waals surface area contributed by atoms with Gasteiger partial charge in [0, 0.05) is 19.5 Å². The van der Waals surface area contributed by atoms with Crippen LogP contribution >= 0.6 is 0 Å². The Balaban J connectivity index is 1.90. The average molecular weight is 315 g/mol. The second kappa shape index (κ2) is 5.08. The summed E-state index contributed by atoms with van der Waals surface area (Å²) in [7, 11) is 2.14. The lowest BCUT2D eigenvalue weighted by molar-refractivity contribution is -0.132. The number of ether oxygens (including phenoxy) is 2. The van der Waals surface area contributed by atoms with Crippen molar-refractivity contribution in [3.05, 3.63) is 35.4 Å². The van der Waals surface area contributed by atoms with Crippen molar-refractivity contribution in [2.24, 2.45) is 0 Å². The number of aromatic hydroxyl groups is 1. The smallest absolute Gasteiger partial charge is 0.308 e. The van der Waals surface area contributed by atoms with Crippen LogP contribution in [0.4, 0.5) is 0 Å². The van der Waals surface area contributed by atoms with Crippen molar-refractivity contribution in [3.63, 3.8) is 0 Å². The molecule has 1 fully saturated rings. The first-order valence-electron chi connectivity index (χ1n) is 8.06. The zero-order chi connectivity index (χ0) is 16.2. The fourth-order valence-corrected chi connectivity index (χ4v) is 4.52. The van der Waals surface area contributed by atoms with Crippen LogP contribution < -0.4 is 4.74 Å². The number of hydrogen-bond donors (Lipinski definition) is 1. The summed E-state index contributed by atoms with van der Waals surface area (Å²) in [6.45, 7) is 2.71. The number of rotatable bonds is 1. The number of likely N-dealkylation sites (tertiary alicyclic amines) is 1. The number of nitrogens with zero attached hydrogens (tertiary/aromatic N) is 1. The molecule has 1 saturated heterocycles. The van der Waals surface area contributed by atoms with Gasteiger partial charge >= 0.3 is 5.97 Å². The Hall–Kier alpha value is -1.85. The van der Waals surface area contributed by atoms with Crippen molar-refractivity contribution in [1.82, 2.24) is 4.90 Å². The molecule has 0 unspecified atom stereocenters. The van der Waals surface area contributed by atoms with Crippen molar-refractivity contribution in [2.45, 2.75) is 43.9 Å². The van der Waals surface area contributed by atoms with Crippen LogP contribution in [-0.2, 0) is 21.6 Å². The molecule has 0 radical (unpaired) electrons. The summed E-state index contributed by atoms with van der Waals surface area (Å²) in [5.41, 5.74) is 1.87. The van der Waals surface area contributed by atoms with Crippen LogP contribution in [0, 0.1) is 0 Å². The van der Waals surface area contributed by atoms with Crippen LogP contribution in [0.5, 0.6) is 11.5 Å². The number of phenols is 1. The topological polar surface area (TPSA) is 59.0 Å². The maximum Gasteiger partial charge on any atom is 0.308 e. The van der Waals surface area contributed by atoms with Gasteiger partial charge in [0.2, 0.25) is 0 Å². The molecule has 0 aromatic heterocycles. The fourth-order valence-electron chi connectivity index (χ4n) is 4.52. The van der Waals surface area contributed by atoms with E-state index < -0.39 is 5.97 Å². The Morgan fingerprint density at radius 3 is 3.09 bits per heavy atom. The Labute approximate surface area is 135 Å². The SMILES string of the molecule is CC(=O)Oc1cc2c(cc1O)CO[C@H]1CN(C)[C@H]3CCC=C[C@]213. The van der Waals surface area contributed by atoms with Crippen molar-refractivity contribution in [2.75, 3.05) is 13.6 Å². The summed E-state index contributed by atoms with van der Waals surface area (Å²) in [5.74, 6) is -0.209. The molecule has 3 aliphatic rings. The molecule has 4 rings (SSSR count). The van der Waals surface area contributed by atoms with Crippen molar-refractivity contribution < 1.29 is 19.4 Å². The number of phenolic OH excluding ortho intramolecular Hbond substituents is 1. The van der Waals surface area contributed by atoms with Crippen LogP contribution in [0.1, 0.15) is 30.9 Å². The van der Waals surface area contributed by atoms with Gasteiger partial charge in [-0.1, -0.05) is 12.2 Å². The third kappa shape index (κ3) is 2.03. The Morgan fingerprint density at radius 1 is 1.48 bits per heavy atom. The highest BCUT2D eigenvalue weighted by molar-refractivity contribution is 5.71. The lowest BCUT2D eigenvalue weighted by Gasteiger charge is -2.44. The van der Waals surface area contributed by atoms with Gasteiger partial charge in [-0.2, -0.15) is 0 Å². The fraction of sp³-hybridized carbons (Fsp3) is 0.500. The van der Waals surface area contributed by atoms with E-state index in [1.807, 2.05) is 6.07 Å². The minimum absolute atomic E-state index is 0.0138. The van der Waals surface area contributed by atoms with E-state index in [2.05, 4.69) is 24.1 Å². The molecule has 5 nitrogen and oxygen atoms in total. The van der Waals surface area contributed by atoms with Crippen LogP contribution in [0.15, 0.2) is 24.3 Å². The van der Waals surface area contributed by atoms with Crippen LogP contribution in [0.2, 0.25) is 0 Å². The van der Waals surface area contributed by atoms with Gasteiger partial charge in [0.1, 0.15) is 0 Å². The van der Waals surface area contributed by atoms with E-state index in [1.54, 1.807) is 6.07 Å². The molecule has 0 amide bonds. The van der Waals surface area contributed by atoms with E-state index in [1.165, 1.54) is 6.92 Å². The number of benzene rings is 1. The van der Waals surface area contributed by atoms with Gasteiger partial charge in [0.15, 0.2) is 11.5 Å². The number of carbonyl (C=O) groups is 1. The number of fused-ring (bicyclic) bond motifs is 1. The molecule has 1 N–H and O–H groups in total. The minimum atomic E-state index is -0.430. The zero-order valence-electron chi connectivity index (χ0n) is 13.4. The van der Waals surface area contributed by atoms with E-state index in [4.69, 9.17) is 9.47 Å². The number of carbonyl (C=O) groups excluding carboxylic acids is 1. The number of allylic oxidation sites excluding steroid dienone is 1. The second-order valence-corrected chi connectivity index (χ2v) is 6.74. The predicted octanol–water partition coefficient (Wildman–Crippen LogP) is 2.12. The van der Waals surface area contributed by atoms with Crippen LogP contribution in [0.25, 0.3) is 0 Å². The van der Waals surface area contributed by atoms with Gasteiger partial charge in [-0.15, -0.1) is 0 Å². The highest BCUT2D eigenvalue weighted by atomic mass is 16.5. The quantitative estimate of drug-likeness (QED) is 0.489. The lowest BCUT2D eigenvalue weighted by atomic mass is 9.66. The minimum Gasteiger partial charge on any atom is -0.504 e. The molecule has 122 valence electrons. The molecule has 0 bridgehead atoms. The first-order valence-corrected chi connectivity index (χ1v) is 8.06. The van der Waals surface area contributed by atoms with Gasteiger partial charge in [0.05, 0.1) is 18.1 Å². The molecule has 1 aromatic rings. The van der Waals surface area contributed by atoms with Gasteiger partial charge < -0.3 is 14.6 Å². The van der Waals surface area contributed by atoms with E-state index in [0.29, 0.717) is 12.6 Å². The van der Waals surface area contributed by atoms with Crippen molar-refractivity contribution >= 4 is 5.97 Å². The molecule has 2 aliphatic heterocycles. The standard InChI is InChI=1S/C18H21NO4/c1-11(20)23-15-8-13-12(7-14(15)21)10-22-17-9-19(2)16-5-3-4-6-18(13,16)17/h4,6-8,16-17,21H,3,5,9-10H2,1-2H3/t16-,17-,18+/m0/s1. The molecule has 3 atom stereocenters. The maximum absolute atomic E-state index is 11.3. The molecule has 23 heavy (non-hydrogen) atoms. The summed E-state index contributed by atoms with van der Waals surface area (Å²) < 4.78 is 11.3. The number of hydrogen-bond acceptors (Lipinski definition) is 5. The third-order valence-corrected chi connectivity index (χ3v) is 5.42. The Kier molecular flexibility index (Phi) is 3.25.